The average molecular weight is 293 g/mol. The van der Waals surface area contributed by atoms with Gasteiger partial charge in [-0.2, -0.15) is 0 Å². The Balaban J connectivity index is 1.51. The van der Waals surface area contributed by atoms with Crippen molar-refractivity contribution < 1.29 is 9.47 Å². The Morgan fingerprint density at radius 2 is 2.00 bits per heavy atom. The number of fused-ring (bicyclic) bond motifs is 1. The number of thioether (sulfide) groups is 1. The van der Waals surface area contributed by atoms with E-state index in [4.69, 9.17) is 9.47 Å². The van der Waals surface area contributed by atoms with Crippen LogP contribution in [0.15, 0.2) is 23.1 Å². The van der Waals surface area contributed by atoms with Gasteiger partial charge in [-0.25, -0.2) is 0 Å². The highest BCUT2D eigenvalue weighted by Gasteiger charge is 2.13. The molecule has 2 aliphatic rings. The molecule has 0 radical (unpaired) electrons. The van der Waals surface area contributed by atoms with Gasteiger partial charge in [-0.15, -0.1) is 11.8 Å². The summed E-state index contributed by atoms with van der Waals surface area (Å²) in [6.45, 7) is 2.71. The van der Waals surface area contributed by atoms with Gasteiger partial charge in [0, 0.05) is 17.4 Å². The molecule has 1 aromatic rings. The number of nitrogens with one attached hydrogen (secondary N) is 1. The number of hydrogen-bond acceptors (Lipinski definition) is 4. The predicted molar refractivity (Wildman–Crippen MR) is 83.0 cm³/mol. The van der Waals surface area contributed by atoms with Gasteiger partial charge in [0.2, 0.25) is 0 Å². The summed E-state index contributed by atoms with van der Waals surface area (Å²) in [5.41, 5.74) is 0. The molecule has 1 atom stereocenters. The fourth-order valence-electron chi connectivity index (χ4n) is 2.72. The minimum atomic E-state index is 0.719. The van der Waals surface area contributed by atoms with Crippen molar-refractivity contribution >= 4 is 11.8 Å². The first-order chi connectivity index (χ1) is 9.92. The molecule has 1 saturated heterocycles. The van der Waals surface area contributed by atoms with Gasteiger partial charge in [0.05, 0.1) is 13.2 Å². The Kier molecular flexibility index (Phi) is 5.09. The number of rotatable bonds is 4. The zero-order valence-electron chi connectivity index (χ0n) is 11.9. The summed E-state index contributed by atoms with van der Waals surface area (Å²) >= 11 is 1.92. The summed E-state index contributed by atoms with van der Waals surface area (Å²) in [6, 6.07) is 7.03. The molecule has 0 saturated carbocycles. The second-order valence-corrected chi connectivity index (χ2v) is 6.61. The smallest absolute Gasteiger partial charge is 0.162 e. The highest BCUT2D eigenvalue weighted by molar-refractivity contribution is 7.99. The highest BCUT2D eigenvalue weighted by atomic mass is 32.2. The van der Waals surface area contributed by atoms with Crippen LogP contribution in [0.25, 0.3) is 0 Å². The summed E-state index contributed by atoms with van der Waals surface area (Å²) in [5.74, 6) is 2.96. The molecule has 3 rings (SSSR count). The maximum atomic E-state index is 5.73. The fourth-order valence-corrected chi connectivity index (χ4v) is 3.72. The van der Waals surface area contributed by atoms with Crippen LogP contribution < -0.4 is 14.8 Å². The number of hydrogen-bond donors (Lipinski definition) is 1. The number of piperidine rings is 1. The van der Waals surface area contributed by atoms with Crippen LogP contribution in [0.5, 0.6) is 11.5 Å². The Hall–Kier alpha value is -0.870. The molecule has 1 fully saturated rings. The van der Waals surface area contributed by atoms with Crippen molar-refractivity contribution in [1.29, 1.82) is 0 Å². The summed E-state index contributed by atoms with van der Waals surface area (Å²) in [4.78, 5) is 1.28. The molecule has 0 spiro atoms. The van der Waals surface area contributed by atoms with E-state index < -0.39 is 0 Å². The van der Waals surface area contributed by atoms with Crippen molar-refractivity contribution in [3.63, 3.8) is 0 Å². The van der Waals surface area contributed by atoms with Gasteiger partial charge >= 0.3 is 0 Å². The van der Waals surface area contributed by atoms with Gasteiger partial charge in [-0.05, 0) is 49.8 Å². The zero-order chi connectivity index (χ0) is 13.6. The third kappa shape index (κ3) is 3.83. The minimum absolute atomic E-state index is 0.719. The van der Waals surface area contributed by atoms with Crippen molar-refractivity contribution in [2.24, 2.45) is 0 Å². The summed E-state index contributed by atoms with van der Waals surface area (Å²) < 4.78 is 11.4. The number of benzene rings is 1. The maximum absolute atomic E-state index is 5.73. The van der Waals surface area contributed by atoms with Crippen molar-refractivity contribution in [2.45, 2.75) is 43.0 Å². The van der Waals surface area contributed by atoms with E-state index >= 15 is 0 Å². The lowest BCUT2D eigenvalue weighted by Crippen LogP contribution is -2.34. The molecule has 2 heterocycles. The third-order valence-corrected chi connectivity index (χ3v) is 4.89. The van der Waals surface area contributed by atoms with Crippen molar-refractivity contribution in [2.75, 3.05) is 25.5 Å². The van der Waals surface area contributed by atoms with Crippen LogP contribution in [0.4, 0.5) is 0 Å². The highest BCUT2D eigenvalue weighted by Crippen LogP contribution is 2.34. The van der Waals surface area contributed by atoms with E-state index in [0.717, 1.165) is 42.9 Å². The van der Waals surface area contributed by atoms with Gasteiger partial charge in [0.15, 0.2) is 11.5 Å². The molecular formula is C16H23NO2S. The lowest BCUT2D eigenvalue weighted by Gasteiger charge is -2.23. The molecule has 0 bridgehead atoms. The molecule has 0 aliphatic carbocycles. The Bertz CT molecular complexity index is 432. The second-order valence-electron chi connectivity index (χ2n) is 5.44. The molecule has 1 N–H and O–H groups in total. The van der Waals surface area contributed by atoms with Crippen LogP contribution in [-0.2, 0) is 0 Å². The van der Waals surface area contributed by atoms with E-state index in [0.29, 0.717) is 0 Å². The SMILES string of the molecule is c1cc2c(cc1SCCC1CCCCN1)OCCCO2. The standard InChI is InChI=1S/C16H23NO2S/c1-2-8-17-13(4-1)7-11-20-14-5-6-15-16(12-14)19-10-3-9-18-15/h5-6,12-13,17H,1-4,7-11H2. The lowest BCUT2D eigenvalue weighted by atomic mass is 10.0. The molecule has 0 amide bonds. The average Bonchev–Trinajstić information content (AvgIpc) is 2.73. The molecule has 2 aliphatic heterocycles. The lowest BCUT2D eigenvalue weighted by molar-refractivity contribution is 0.297. The molecule has 110 valence electrons. The predicted octanol–water partition coefficient (Wildman–Crippen LogP) is 3.47. The first-order valence-corrected chi connectivity index (χ1v) is 8.66. The van der Waals surface area contributed by atoms with Gasteiger partial charge in [-0.1, -0.05) is 6.42 Å². The fraction of sp³-hybridized carbons (Fsp3) is 0.625. The van der Waals surface area contributed by atoms with Crippen LogP contribution in [0.2, 0.25) is 0 Å². The van der Waals surface area contributed by atoms with E-state index in [1.54, 1.807) is 0 Å². The third-order valence-electron chi connectivity index (χ3n) is 3.87. The van der Waals surface area contributed by atoms with Crippen LogP contribution >= 0.6 is 11.8 Å². The quantitative estimate of drug-likeness (QED) is 0.861. The van der Waals surface area contributed by atoms with Crippen LogP contribution in [0.3, 0.4) is 0 Å². The van der Waals surface area contributed by atoms with Gasteiger partial charge in [0.25, 0.3) is 0 Å². The molecule has 4 heteroatoms. The van der Waals surface area contributed by atoms with Gasteiger partial charge in [0.1, 0.15) is 0 Å². The van der Waals surface area contributed by atoms with Crippen LogP contribution in [-0.4, -0.2) is 31.6 Å². The maximum Gasteiger partial charge on any atom is 0.162 e. The molecule has 3 nitrogen and oxygen atoms in total. The van der Waals surface area contributed by atoms with E-state index in [9.17, 15) is 0 Å². The van der Waals surface area contributed by atoms with Crippen LogP contribution in [0.1, 0.15) is 32.1 Å². The molecule has 1 aromatic carbocycles. The summed E-state index contributed by atoms with van der Waals surface area (Å²) in [5, 5.41) is 3.61. The summed E-state index contributed by atoms with van der Waals surface area (Å²) in [6.07, 6.45) is 6.27. The molecule has 20 heavy (non-hydrogen) atoms. The molecule has 1 unspecified atom stereocenters. The number of ether oxygens (including phenoxy) is 2. The Morgan fingerprint density at radius 1 is 1.10 bits per heavy atom. The first-order valence-electron chi connectivity index (χ1n) is 7.68. The first kappa shape index (κ1) is 14.1. The Morgan fingerprint density at radius 3 is 2.85 bits per heavy atom. The normalized spacial score (nSPS) is 22.3. The van der Waals surface area contributed by atoms with Crippen LogP contribution in [0, 0.1) is 0 Å². The Labute approximate surface area is 125 Å². The van der Waals surface area contributed by atoms with Crippen molar-refractivity contribution in [3.05, 3.63) is 18.2 Å². The topological polar surface area (TPSA) is 30.5 Å². The summed E-state index contributed by atoms with van der Waals surface area (Å²) in [7, 11) is 0. The van der Waals surface area contributed by atoms with E-state index in [1.807, 2.05) is 17.8 Å². The largest absolute Gasteiger partial charge is 0.490 e. The van der Waals surface area contributed by atoms with E-state index in [1.165, 1.54) is 37.1 Å². The zero-order valence-corrected chi connectivity index (χ0v) is 12.7. The van der Waals surface area contributed by atoms with Crippen molar-refractivity contribution in [1.82, 2.24) is 5.32 Å². The van der Waals surface area contributed by atoms with Gasteiger partial charge < -0.3 is 14.8 Å². The molecule has 0 aromatic heterocycles. The van der Waals surface area contributed by atoms with Crippen molar-refractivity contribution in [3.8, 4) is 11.5 Å². The molecular weight excluding hydrogens is 270 g/mol. The van der Waals surface area contributed by atoms with Gasteiger partial charge in [-0.3, -0.25) is 0 Å². The second kappa shape index (κ2) is 7.23. The minimum Gasteiger partial charge on any atom is -0.490 e. The van der Waals surface area contributed by atoms with E-state index in [2.05, 4.69) is 17.4 Å². The monoisotopic (exact) mass is 293 g/mol. The van der Waals surface area contributed by atoms with E-state index in [-0.39, 0.29) is 0 Å².